The summed E-state index contributed by atoms with van der Waals surface area (Å²) in [6.45, 7) is 1.83. The number of piperidine rings is 1. The number of aromatic amines is 1. The fourth-order valence-corrected chi connectivity index (χ4v) is 7.54. The van der Waals surface area contributed by atoms with E-state index in [1.54, 1.807) is 18.3 Å². The minimum Gasteiger partial charge on any atom is -0.464 e. The van der Waals surface area contributed by atoms with Gasteiger partial charge in [-0.15, -0.1) is 0 Å². The highest BCUT2D eigenvalue weighted by Gasteiger charge is 2.54. The van der Waals surface area contributed by atoms with Crippen molar-refractivity contribution in [2.45, 2.75) is 47.6 Å². The first-order valence-electron chi connectivity index (χ1n) is 13.5. The van der Waals surface area contributed by atoms with Crippen molar-refractivity contribution < 1.29 is 22.9 Å². The van der Waals surface area contributed by atoms with Gasteiger partial charge in [0.05, 0.1) is 16.0 Å². The molecule has 0 bridgehead atoms. The molecule has 1 amide bonds. The van der Waals surface area contributed by atoms with E-state index in [0.717, 1.165) is 32.0 Å². The molecule has 0 spiro atoms. The molecule has 2 aromatic heterocycles. The molecule has 214 valence electrons. The number of fused-ring (bicyclic) bond motifs is 1. The van der Waals surface area contributed by atoms with Crippen molar-refractivity contribution in [3.05, 3.63) is 77.1 Å². The van der Waals surface area contributed by atoms with Gasteiger partial charge in [0.2, 0.25) is 20.7 Å². The van der Waals surface area contributed by atoms with Crippen molar-refractivity contribution >= 4 is 38.2 Å². The van der Waals surface area contributed by atoms with E-state index < -0.39 is 31.5 Å². The van der Waals surface area contributed by atoms with Crippen LogP contribution >= 0.6 is 0 Å². The molecule has 1 saturated carbocycles. The van der Waals surface area contributed by atoms with Crippen LogP contribution in [0.3, 0.4) is 0 Å². The molecular formula is C28H30N6O6S. The third-order valence-corrected chi connectivity index (χ3v) is 10.2. The molecule has 2 aliphatic carbocycles. The van der Waals surface area contributed by atoms with Gasteiger partial charge in [0, 0.05) is 42.8 Å². The SMILES string of the molecule is NC(=O)C1C=CC=CC1(Oc1cnc2[nH]ccc2c1)S(=O)(=O)c1ccc(NC2CCN(C3CC3)CC2)c([N+](=O)[O-])c1. The van der Waals surface area contributed by atoms with Gasteiger partial charge in [-0.25, -0.2) is 13.4 Å². The molecule has 2 fully saturated rings. The number of hydrogen-bond donors (Lipinski definition) is 3. The highest BCUT2D eigenvalue weighted by atomic mass is 32.2. The molecule has 3 aliphatic rings. The number of nitrogens with two attached hydrogens (primary N) is 1. The zero-order chi connectivity index (χ0) is 28.8. The quantitative estimate of drug-likeness (QED) is 0.254. The van der Waals surface area contributed by atoms with E-state index in [0.29, 0.717) is 17.1 Å². The monoisotopic (exact) mass is 578 g/mol. The Morgan fingerprint density at radius 1 is 1.17 bits per heavy atom. The second-order valence-electron chi connectivity index (χ2n) is 10.7. The lowest BCUT2D eigenvalue weighted by Crippen LogP contribution is -2.53. The second kappa shape index (κ2) is 10.3. The van der Waals surface area contributed by atoms with Crippen molar-refractivity contribution in [3.8, 4) is 5.75 Å². The number of nitro groups is 1. The van der Waals surface area contributed by atoms with Gasteiger partial charge in [-0.05, 0) is 56.0 Å². The highest BCUT2D eigenvalue weighted by molar-refractivity contribution is 7.93. The van der Waals surface area contributed by atoms with Crippen LogP contribution < -0.4 is 15.8 Å². The number of carbonyl (C=O) groups is 1. The van der Waals surface area contributed by atoms with E-state index in [9.17, 15) is 23.3 Å². The maximum atomic E-state index is 14.3. The normalized spacial score (nSPS) is 23.5. The Kier molecular flexibility index (Phi) is 6.78. The Balaban J connectivity index is 1.35. The summed E-state index contributed by atoms with van der Waals surface area (Å²) in [5, 5.41) is 16.0. The Labute approximate surface area is 236 Å². The number of allylic oxidation sites excluding steroid dienone is 2. The van der Waals surface area contributed by atoms with Gasteiger partial charge in [0.15, 0.2) is 0 Å². The summed E-state index contributed by atoms with van der Waals surface area (Å²) in [6, 6.07) is 7.74. The Morgan fingerprint density at radius 3 is 2.66 bits per heavy atom. The van der Waals surface area contributed by atoms with Crippen LogP contribution in [0.1, 0.15) is 25.7 Å². The fourth-order valence-electron chi connectivity index (χ4n) is 5.67. The molecule has 2 atom stereocenters. The van der Waals surface area contributed by atoms with Crippen molar-refractivity contribution in [1.29, 1.82) is 0 Å². The molecule has 1 saturated heterocycles. The van der Waals surface area contributed by atoms with Gasteiger partial charge in [0.25, 0.3) is 5.69 Å². The van der Waals surface area contributed by atoms with Crippen LogP contribution in [0.2, 0.25) is 0 Å². The lowest BCUT2D eigenvalue weighted by molar-refractivity contribution is -0.384. The van der Waals surface area contributed by atoms with Crippen LogP contribution in [-0.2, 0) is 14.6 Å². The summed E-state index contributed by atoms with van der Waals surface area (Å²) < 4.78 is 34.8. The van der Waals surface area contributed by atoms with Crippen LogP contribution in [0.4, 0.5) is 11.4 Å². The number of nitro benzene ring substituents is 1. The number of pyridine rings is 1. The smallest absolute Gasteiger partial charge is 0.293 e. The first-order chi connectivity index (χ1) is 19.7. The van der Waals surface area contributed by atoms with Crippen molar-refractivity contribution in [2.75, 3.05) is 18.4 Å². The van der Waals surface area contributed by atoms with E-state index in [1.807, 2.05) is 0 Å². The molecule has 1 aromatic carbocycles. The molecule has 12 nitrogen and oxygen atoms in total. The number of ether oxygens (including phenoxy) is 1. The average molecular weight is 579 g/mol. The van der Waals surface area contributed by atoms with E-state index in [4.69, 9.17) is 10.5 Å². The maximum Gasteiger partial charge on any atom is 0.293 e. The van der Waals surface area contributed by atoms with Gasteiger partial charge in [-0.2, -0.15) is 0 Å². The molecule has 0 radical (unpaired) electrons. The lowest BCUT2D eigenvalue weighted by Gasteiger charge is -2.36. The first kappa shape index (κ1) is 27.0. The zero-order valence-electron chi connectivity index (χ0n) is 22.1. The Bertz CT molecular complexity index is 1670. The topological polar surface area (TPSA) is 174 Å². The second-order valence-corrected chi connectivity index (χ2v) is 12.8. The van der Waals surface area contributed by atoms with Crippen molar-refractivity contribution in [2.24, 2.45) is 11.7 Å². The van der Waals surface area contributed by atoms with E-state index in [2.05, 4.69) is 20.2 Å². The van der Waals surface area contributed by atoms with E-state index in [1.165, 1.54) is 55.5 Å². The molecular weight excluding hydrogens is 548 g/mol. The summed E-state index contributed by atoms with van der Waals surface area (Å²) in [5.74, 6) is -2.28. The number of rotatable bonds is 9. The third-order valence-electron chi connectivity index (χ3n) is 7.98. The van der Waals surface area contributed by atoms with Gasteiger partial charge in [0.1, 0.15) is 23.0 Å². The summed E-state index contributed by atoms with van der Waals surface area (Å²) in [5.41, 5.74) is 6.09. The molecule has 1 aliphatic heterocycles. The summed E-state index contributed by atoms with van der Waals surface area (Å²) in [7, 11) is -4.61. The number of nitrogens with zero attached hydrogens (tertiary/aromatic N) is 3. The summed E-state index contributed by atoms with van der Waals surface area (Å²) in [6.07, 6.45) is 12.7. The summed E-state index contributed by atoms with van der Waals surface area (Å²) >= 11 is 0. The molecule has 6 rings (SSSR count). The maximum absolute atomic E-state index is 14.3. The number of sulfone groups is 1. The number of primary amides is 1. The van der Waals surface area contributed by atoms with Crippen LogP contribution in [0.15, 0.2) is 71.9 Å². The minimum absolute atomic E-state index is 0.0299. The molecule has 3 heterocycles. The third kappa shape index (κ3) is 4.95. The number of nitrogens with one attached hydrogen (secondary N) is 2. The predicted octanol–water partition coefficient (Wildman–Crippen LogP) is 3.29. The fraction of sp³-hybridized carbons (Fsp3) is 0.357. The number of H-pyrrole nitrogens is 1. The molecule has 13 heteroatoms. The predicted molar refractivity (Wildman–Crippen MR) is 152 cm³/mol. The summed E-state index contributed by atoms with van der Waals surface area (Å²) in [4.78, 5) is 31.1. The number of benzene rings is 1. The average Bonchev–Trinajstić information content (AvgIpc) is 3.70. The number of hydrogen-bond acceptors (Lipinski definition) is 9. The largest absolute Gasteiger partial charge is 0.464 e. The van der Waals surface area contributed by atoms with Gasteiger partial charge in [-0.1, -0.05) is 18.2 Å². The van der Waals surface area contributed by atoms with Gasteiger partial charge in [-0.3, -0.25) is 14.9 Å². The number of amides is 1. The Hall–Kier alpha value is -4.23. The minimum atomic E-state index is -4.61. The number of likely N-dealkylation sites (tertiary alicyclic amines) is 1. The number of carbonyl (C=O) groups excluding carboxylic acids is 1. The van der Waals surface area contributed by atoms with Crippen LogP contribution in [-0.4, -0.2) is 64.2 Å². The van der Waals surface area contributed by atoms with Gasteiger partial charge < -0.3 is 25.7 Å². The molecule has 4 N–H and O–H groups in total. The molecule has 3 aromatic rings. The number of aromatic nitrogens is 2. The van der Waals surface area contributed by atoms with Crippen LogP contribution in [0.5, 0.6) is 5.75 Å². The van der Waals surface area contributed by atoms with Crippen LogP contribution in [0.25, 0.3) is 11.0 Å². The van der Waals surface area contributed by atoms with Crippen LogP contribution in [0, 0.1) is 16.0 Å². The first-order valence-corrected chi connectivity index (χ1v) is 15.0. The van der Waals surface area contributed by atoms with Gasteiger partial charge >= 0.3 is 0 Å². The van der Waals surface area contributed by atoms with Crippen molar-refractivity contribution in [3.63, 3.8) is 0 Å². The lowest BCUT2D eigenvalue weighted by atomic mass is 9.96. The number of anilines is 1. The standard InChI is InChI=1S/C28H30N6O6S/c29-26(35)23-3-1-2-11-28(23,40-21-15-18-8-12-30-27(18)31-17-21)41(38,39)22-6-7-24(25(16-22)34(36)37)32-19-9-13-33(14-10-19)20-4-5-20/h1-3,6-8,11-12,15-17,19-20,23,32H,4-5,9-10,13-14H2,(H2,29,35)(H,30,31). The Morgan fingerprint density at radius 2 is 1.95 bits per heavy atom. The van der Waals surface area contributed by atoms with E-state index in [-0.39, 0.29) is 28.1 Å². The zero-order valence-corrected chi connectivity index (χ0v) is 22.9. The molecule has 41 heavy (non-hydrogen) atoms. The van der Waals surface area contributed by atoms with E-state index >= 15 is 0 Å². The molecule has 2 unspecified atom stereocenters. The van der Waals surface area contributed by atoms with Crippen molar-refractivity contribution in [1.82, 2.24) is 14.9 Å². The highest BCUT2D eigenvalue weighted by Crippen LogP contribution is 2.41.